The summed E-state index contributed by atoms with van der Waals surface area (Å²) in [4.78, 5) is 21.1. The molecule has 0 heterocycles. The minimum Gasteiger partial charge on any atom is -0.780 e. The van der Waals surface area contributed by atoms with Crippen LogP contribution in [0.5, 0.6) is 17.2 Å². The first kappa shape index (κ1) is 24.7. The molecule has 2 aromatic carbocycles. The molecule has 0 saturated heterocycles. The first-order valence-corrected chi connectivity index (χ1v) is 8.08. The number of benzene rings is 2. The predicted octanol–water partition coefficient (Wildman–Crippen LogP) is -3.91. The Bertz CT molecular complexity index is 721. The van der Waals surface area contributed by atoms with Crippen molar-refractivity contribution in [2.45, 2.75) is 0 Å². The molecular weight excluding hydrogens is 365 g/mol. The van der Waals surface area contributed by atoms with E-state index in [1.807, 2.05) is 24.3 Å². The van der Waals surface area contributed by atoms with Gasteiger partial charge in [0.1, 0.15) is 25.1 Å². The van der Waals surface area contributed by atoms with E-state index in [0.717, 1.165) is 11.1 Å². The van der Waals surface area contributed by atoms with E-state index >= 15 is 0 Å². The fourth-order valence-corrected chi connectivity index (χ4v) is 2.27. The van der Waals surface area contributed by atoms with Crippen molar-refractivity contribution in [3.8, 4) is 17.2 Å². The molecule has 122 valence electrons. The summed E-state index contributed by atoms with van der Waals surface area (Å²) in [5.74, 6) is 1.34. The molecule has 0 atom stereocenters. The van der Waals surface area contributed by atoms with E-state index in [2.05, 4.69) is 4.52 Å². The molecule has 9 heteroatoms. The molecule has 0 bridgehead atoms. The smallest absolute Gasteiger partial charge is 0.780 e. The Kier molecular flexibility index (Phi) is 11.3. The van der Waals surface area contributed by atoms with Gasteiger partial charge in [-0.05, 0) is 35.4 Å². The van der Waals surface area contributed by atoms with Gasteiger partial charge in [-0.1, -0.05) is 24.3 Å². The summed E-state index contributed by atoms with van der Waals surface area (Å²) in [5, 5.41) is 0. The molecule has 0 spiro atoms. The minimum atomic E-state index is -5.03. The summed E-state index contributed by atoms with van der Waals surface area (Å²) in [5.41, 5.74) is 1.69. The normalized spacial score (nSPS) is 10.6. The molecular formula is C16H15Na2O6P. The average molecular weight is 380 g/mol. The molecule has 0 unspecified atom stereocenters. The van der Waals surface area contributed by atoms with Crippen molar-refractivity contribution in [1.82, 2.24) is 0 Å². The second-order valence-electron chi connectivity index (χ2n) is 4.59. The summed E-state index contributed by atoms with van der Waals surface area (Å²) in [6, 6.07) is 11.6. The second kappa shape index (κ2) is 11.4. The second-order valence-corrected chi connectivity index (χ2v) is 5.66. The Balaban J connectivity index is 0.00000288. The quantitative estimate of drug-likeness (QED) is 0.289. The molecule has 0 amide bonds. The summed E-state index contributed by atoms with van der Waals surface area (Å²) >= 11 is 0. The van der Waals surface area contributed by atoms with Crippen molar-refractivity contribution in [3.63, 3.8) is 0 Å². The van der Waals surface area contributed by atoms with Crippen LogP contribution in [-0.2, 0) is 4.57 Å². The van der Waals surface area contributed by atoms with Gasteiger partial charge in [0, 0.05) is 6.07 Å². The largest absolute Gasteiger partial charge is 1.00 e. The molecule has 0 aromatic heterocycles. The third-order valence-corrected chi connectivity index (χ3v) is 3.37. The molecule has 0 fully saturated rings. The molecule has 0 aliphatic rings. The summed E-state index contributed by atoms with van der Waals surface area (Å²) in [6.45, 7) is 0. The van der Waals surface area contributed by atoms with E-state index in [-0.39, 0.29) is 64.9 Å². The van der Waals surface area contributed by atoms with Gasteiger partial charge >= 0.3 is 59.1 Å². The molecule has 2 rings (SSSR count). The molecule has 6 nitrogen and oxygen atoms in total. The first-order chi connectivity index (χ1) is 10.9. The van der Waals surface area contributed by atoms with Crippen LogP contribution in [0.2, 0.25) is 0 Å². The molecule has 0 aliphatic carbocycles. The molecule has 25 heavy (non-hydrogen) atoms. The van der Waals surface area contributed by atoms with Crippen molar-refractivity contribution < 1.29 is 87.5 Å². The van der Waals surface area contributed by atoms with Crippen LogP contribution < -0.4 is 82.9 Å². The van der Waals surface area contributed by atoms with Crippen LogP contribution >= 0.6 is 7.82 Å². The third kappa shape index (κ3) is 8.78. The Morgan fingerprint density at radius 3 is 1.72 bits per heavy atom. The van der Waals surface area contributed by atoms with Crippen molar-refractivity contribution in [2.24, 2.45) is 0 Å². The number of ether oxygens (including phenoxy) is 2. The van der Waals surface area contributed by atoms with E-state index in [4.69, 9.17) is 9.47 Å². The van der Waals surface area contributed by atoms with Gasteiger partial charge in [-0.15, -0.1) is 0 Å². The van der Waals surface area contributed by atoms with Gasteiger partial charge in [0.25, 0.3) is 0 Å². The zero-order valence-corrected chi connectivity index (χ0v) is 19.5. The van der Waals surface area contributed by atoms with E-state index in [1.54, 1.807) is 32.4 Å². The monoisotopic (exact) mass is 380 g/mol. The predicted molar refractivity (Wildman–Crippen MR) is 83.2 cm³/mol. The van der Waals surface area contributed by atoms with Crippen molar-refractivity contribution in [2.75, 3.05) is 14.2 Å². The van der Waals surface area contributed by atoms with Gasteiger partial charge in [0.05, 0.1) is 14.2 Å². The Morgan fingerprint density at radius 2 is 1.28 bits per heavy atom. The van der Waals surface area contributed by atoms with Crippen LogP contribution in [0, 0.1) is 0 Å². The fraction of sp³-hybridized carbons (Fsp3) is 0.125. The fourth-order valence-electron chi connectivity index (χ4n) is 1.89. The SMILES string of the molecule is COc1cc(/C=C\c2ccc(OP(=O)([O-])[O-])cc2)cc(OC)c1.[Na+].[Na+]. The Labute approximate surface area is 191 Å². The van der Waals surface area contributed by atoms with Crippen LogP contribution in [0.4, 0.5) is 0 Å². The van der Waals surface area contributed by atoms with Gasteiger partial charge in [0.2, 0.25) is 0 Å². The van der Waals surface area contributed by atoms with Gasteiger partial charge in [0.15, 0.2) is 0 Å². The van der Waals surface area contributed by atoms with Gasteiger partial charge in [-0.2, -0.15) is 0 Å². The van der Waals surface area contributed by atoms with Crippen LogP contribution in [0.15, 0.2) is 42.5 Å². The zero-order valence-electron chi connectivity index (χ0n) is 14.6. The molecule has 0 saturated carbocycles. The van der Waals surface area contributed by atoms with Crippen molar-refractivity contribution in [1.29, 1.82) is 0 Å². The maximum atomic E-state index is 10.5. The maximum Gasteiger partial charge on any atom is 1.00 e. The summed E-state index contributed by atoms with van der Waals surface area (Å²) in [6.07, 6.45) is 3.68. The van der Waals surface area contributed by atoms with Crippen molar-refractivity contribution in [3.05, 3.63) is 53.6 Å². The number of methoxy groups -OCH3 is 2. The van der Waals surface area contributed by atoms with Crippen molar-refractivity contribution >= 4 is 20.0 Å². The Morgan fingerprint density at radius 1 is 0.800 bits per heavy atom. The molecule has 2 aromatic rings. The molecule has 0 aliphatic heterocycles. The van der Waals surface area contributed by atoms with E-state index in [1.165, 1.54) is 12.1 Å². The topological polar surface area (TPSA) is 90.9 Å². The van der Waals surface area contributed by atoms with E-state index in [0.29, 0.717) is 11.5 Å². The van der Waals surface area contributed by atoms with E-state index < -0.39 is 7.82 Å². The zero-order chi connectivity index (χ0) is 16.9. The van der Waals surface area contributed by atoms with Crippen LogP contribution in [0.1, 0.15) is 11.1 Å². The van der Waals surface area contributed by atoms with Gasteiger partial charge in [-0.25, -0.2) is 0 Å². The number of rotatable bonds is 6. The first-order valence-electron chi connectivity index (χ1n) is 6.62. The summed E-state index contributed by atoms with van der Waals surface area (Å²) in [7, 11) is -1.88. The summed E-state index contributed by atoms with van der Waals surface area (Å²) < 4.78 is 25.2. The van der Waals surface area contributed by atoms with E-state index in [9.17, 15) is 14.4 Å². The number of phosphoric ester groups is 1. The average Bonchev–Trinajstić information content (AvgIpc) is 2.52. The number of hydrogen-bond acceptors (Lipinski definition) is 6. The Hall–Kier alpha value is -0.270. The number of phosphoric acid groups is 1. The van der Waals surface area contributed by atoms with Gasteiger partial charge in [-0.3, -0.25) is 0 Å². The molecule has 0 N–H and O–H groups in total. The maximum absolute atomic E-state index is 10.5. The molecule has 0 radical (unpaired) electrons. The number of hydrogen-bond donors (Lipinski definition) is 0. The third-order valence-electron chi connectivity index (χ3n) is 2.94. The standard InChI is InChI=1S/C16H17O6P.2Na/c1-20-15-9-13(10-16(11-15)21-2)4-3-12-5-7-14(8-6-12)22-23(17,18)19;;/h3-11H,1-2H3,(H2,17,18,19);;/q;2*+1/p-2/b4-3-;;. The minimum absolute atomic E-state index is 0. The van der Waals surface area contributed by atoms with Gasteiger partial charge < -0.3 is 28.3 Å². The van der Waals surface area contributed by atoms with Crippen LogP contribution in [0.25, 0.3) is 12.2 Å². The van der Waals surface area contributed by atoms with Crippen LogP contribution in [0.3, 0.4) is 0 Å². The van der Waals surface area contributed by atoms with Crippen LogP contribution in [-0.4, -0.2) is 14.2 Å².